The minimum absolute atomic E-state index is 0.0892. The van der Waals surface area contributed by atoms with Crippen LogP contribution in [0.1, 0.15) is 23.6 Å². The van der Waals surface area contributed by atoms with Crippen LogP contribution in [0, 0.1) is 5.82 Å². The van der Waals surface area contributed by atoms with Crippen LogP contribution in [0.3, 0.4) is 0 Å². The molecule has 1 aliphatic heterocycles. The molecule has 0 saturated heterocycles. The minimum Gasteiger partial charge on any atom is -0.493 e. The van der Waals surface area contributed by atoms with Gasteiger partial charge in [-0.15, -0.1) is 0 Å². The molecule has 2 aromatic rings. The molecule has 0 radical (unpaired) electrons. The standard InChI is InChI=1S/C21H22FNO3/c1-14(10-16-6-4-5-7-18(16)22)21(24)23-9-8-15-11-19(25-2)20(26-3)12-17(15)13-23/h4-7,10-12H,8-9,13H2,1-3H3/b14-10+. The predicted octanol–water partition coefficient (Wildman–Crippen LogP) is 3.83. The number of carbonyl (C=O) groups is 1. The van der Waals surface area contributed by atoms with Gasteiger partial charge >= 0.3 is 0 Å². The van der Waals surface area contributed by atoms with E-state index in [9.17, 15) is 9.18 Å². The third kappa shape index (κ3) is 3.57. The number of hydrogen-bond acceptors (Lipinski definition) is 3. The van der Waals surface area contributed by atoms with Crippen LogP contribution in [0.2, 0.25) is 0 Å². The Morgan fingerprint density at radius 2 is 1.77 bits per heavy atom. The molecule has 0 unspecified atom stereocenters. The van der Waals surface area contributed by atoms with Gasteiger partial charge in [0, 0.05) is 24.2 Å². The summed E-state index contributed by atoms with van der Waals surface area (Å²) in [5.41, 5.74) is 3.13. The molecule has 0 N–H and O–H groups in total. The highest BCUT2D eigenvalue weighted by Gasteiger charge is 2.23. The van der Waals surface area contributed by atoms with Gasteiger partial charge in [-0.1, -0.05) is 18.2 Å². The Balaban J connectivity index is 1.82. The van der Waals surface area contributed by atoms with Crippen LogP contribution in [0.5, 0.6) is 11.5 Å². The summed E-state index contributed by atoms with van der Waals surface area (Å²) >= 11 is 0. The number of benzene rings is 2. The van der Waals surface area contributed by atoms with Gasteiger partial charge in [-0.05, 0) is 48.7 Å². The molecule has 3 rings (SSSR count). The zero-order valence-electron chi connectivity index (χ0n) is 15.2. The van der Waals surface area contributed by atoms with E-state index in [4.69, 9.17) is 9.47 Å². The molecule has 4 nitrogen and oxygen atoms in total. The summed E-state index contributed by atoms with van der Waals surface area (Å²) in [5, 5.41) is 0. The van der Waals surface area contributed by atoms with E-state index in [0.717, 1.165) is 17.5 Å². The van der Waals surface area contributed by atoms with Gasteiger partial charge in [0.1, 0.15) is 5.82 Å². The van der Waals surface area contributed by atoms with Crippen LogP contribution in [-0.4, -0.2) is 31.6 Å². The Labute approximate surface area is 152 Å². The highest BCUT2D eigenvalue weighted by Crippen LogP contribution is 2.33. The number of rotatable bonds is 4. The lowest BCUT2D eigenvalue weighted by Crippen LogP contribution is -2.36. The third-order valence-corrected chi connectivity index (χ3v) is 4.62. The van der Waals surface area contributed by atoms with E-state index < -0.39 is 0 Å². The van der Waals surface area contributed by atoms with Crippen molar-refractivity contribution in [1.82, 2.24) is 4.90 Å². The van der Waals surface area contributed by atoms with E-state index in [1.54, 1.807) is 50.3 Å². The predicted molar refractivity (Wildman–Crippen MR) is 98.7 cm³/mol. The van der Waals surface area contributed by atoms with Gasteiger partial charge in [0.2, 0.25) is 5.91 Å². The van der Waals surface area contributed by atoms with Crippen LogP contribution in [0.4, 0.5) is 4.39 Å². The van der Waals surface area contributed by atoms with Crippen molar-refractivity contribution in [2.75, 3.05) is 20.8 Å². The number of nitrogens with zero attached hydrogens (tertiary/aromatic N) is 1. The molecular formula is C21H22FNO3. The van der Waals surface area contributed by atoms with Gasteiger partial charge in [0.25, 0.3) is 0 Å². The van der Waals surface area contributed by atoms with Crippen LogP contribution >= 0.6 is 0 Å². The molecule has 5 heteroatoms. The Kier molecular flexibility index (Phi) is 5.26. The molecule has 0 aromatic heterocycles. The first kappa shape index (κ1) is 18.0. The summed E-state index contributed by atoms with van der Waals surface area (Å²) in [4.78, 5) is 14.6. The van der Waals surface area contributed by atoms with Crippen molar-refractivity contribution in [3.05, 3.63) is 64.5 Å². The second kappa shape index (κ2) is 7.60. The number of fused-ring (bicyclic) bond motifs is 1. The summed E-state index contributed by atoms with van der Waals surface area (Å²) in [7, 11) is 3.21. The fraction of sp³-hybridized carbons (Fsp3) is 0.286. The van der Waals surface area contributed by atoms with Crippen LogP contribution in [-0.2, 0) is 17.8 Å². The summed E-state index contributed by atoms with van der Waals surface area (Å²) < 4.78 is 24.5. The first-order valence-electron chi connectivity index (χ1n) is 8.49. The van der Waals surface area contributed by atoms with E-state index in [0.29, 0.717) is 35.7 Å². The summed E-state index contributed by atoms with van der Waals surface area (Å²) in [6, 6.07) is 10.3. The van der Waals surface area contributed by atoms with Gasteiger partial charge in [0.15, 0.2) is 11.5 Å². The summed E-state index contributed by atoms with van der Waals surface area (Å²) in [6.45, 7) is 2.83. The molecule has 26 heavy (non-hydrogen) atoms. The first-order chi connectivity index (χ1) is 12.5. The maximum atomic E-state index is 13.8. The third-order valence-electron chi connectivity index (χ3n) is 4.62. The molecule has 0 saturated carbocycles. The highest BCUT2D eigenvalue weighted by molar-refractivity contribution is 5.97. The lowest BCUT2D eigenvalue weighted by Gasteiger charge is -2.30. The largest absolute Gasteiger partial charge is 0.493 e. The van der Waals surface area contributed by atoms with Gasteiger partial charge < -0.3 is 14.4 Å². The van der Waals surface area contributed by atoms with Gasteiger partial charge in [-0.25, -0.2) is 4.39 Å². The Morgan fingerprint density at radius 3 is 2.42 bits per heavy atom. The van der Waals surface area contributed by atoms with Gasteiger partial charge in [-0.3, -0.25) is 4.79 Å². The number of hydrogen-bond donors (Lipinski definition) is 0. The van der Waals surface area contributed by atoms with E-state index in [2.05, 4.69) is 0 Å². The van der Waals surface area contributed by atoms with Crippen LogP contribution in [0.15, 0.2) is 42.0 Å². The van der Waals surface area contributed by atoms with Crippen molar-refractivity contribution in [2.45, 2.75) is 19.9 Å². The molecule has 136 valence electrons. The van der Waals surface area contributed by atoms with Crippen molar-refractivity contribution < 1.29 is 18.7 Å². The fourth-order valence-corrected chi connectivity index (χ4v) is 3.19. The van der Waals surface area contributed by atoms with E-state index in [1.807, 2.05) is 12.1 Å². The average Bonchev–Trinajstić information content (AvgIpc) is 2.67. The smallest absolute Gasteiger partial charge is 0.249 e. The zero-order valence-corrected chi connectivity index (χ0v) is 15.2. The summed E-state index contributed by atoms with van der Waals surface area (Å²) in [6.07, 6.45) is 2.34. The first-order valence-corrected chi connectivity index (χ1v) is 8.49. The van der Waals surface area contributed by atoms with E-state index in [1.165, 1.54) is 6.07 Å². The Hall–Kier alpha value is -2.82. The number of ether oxygens (including phenoxy) is 2. The molecule has 0 atom stereocenters. The quantitative estimate of drug-likeness (QED) is 0.783. The normalized spacial score (nSPS) is 14.0. The van der Waals surface area contributed by atoms with Gasteiger partial charge in [-0.2, -0.15) is 0 Å². The SMILES string of the molecule is COc1cc2c(cc1OC)CN(C(=O)/C(C)=C/c1ccccc1F)CC2. The highest BCUT2D eigenvalue weighted by atomic mass is 19.1. The molecule has 2 aromatic carbocycles. The molecule has 1 amide bonds. The number of carbonyl (C=O) groups excluding carboxylic acids is 1. The topological polar surface area (TPSA) is 38.8 Å². The van der Waals surface area contributed by atoms with Crippen molar-refractivity contribution in [3.63, 3.8) is 0 Å². The number of halogens is 1. The minimum atomic E-state index is -0.333. The second-order valence-electron chi connectivity index (χ2n) is 6.30. The Morgan fingerprint density at radius 1 is 1.12 bits per heavy atom. The lowest BCUT2D eigenvalue weighted by atomic mass is 9.98. The van der Waals surface area contributed by atoms with E-state index >= 15 is 0 Å². The zero-order chi connectivity index (χ0) is 18.7. The monoisotopic (exact) mass is 355 g/mol. The van der Waals surface area contributed by atoms with Crippen molar-refractivity contribution in [3.8, 4) is 11.5 Å². The van der Waals surface area contributed by atoms with Crippen molar-refractivity contribution >= 4 is 12.0 Å². The molecule has 0 bridgehead atoms. The molecule has 0 spiro atoms. The number of amides is 1. The molecular weight excluding hydrogens is 333 g/mol. The maximum Gasteiger partial charge on any atom is 0.249 e. The van der Waals surface area contributed by atoms with Crippen LogP contribution < -0.4 is 9.47 Å². The van der Waals surface area contributed by atoms with Gasteiger partial charge in [0.05, 0.1) is 14.2 Å². The molecule has 0 fully saturated rings. The lowest BCUT2D eigenvalue weighted by molar-refractivity contribution is -0.127. The summed E-state index contributed by atoms with van der Waals surface area (Å²) in [5.74, 6) is 0.926. The fourth-order valence-electron chi connectivity index (χ4n) is 3.19. The Bertz CT molecular complexity index is 860. The van der Waals surface area contributed by atoms with Crippen molar-refractivity contribution in [2.24, 2.45) is 0 Å². The van der Waals surface area contributed by atoms with E-state index in [-0.39, 0.29) is 11.7 Å². The molecule has 1 aliphatic rings. The molecule has 1 heterocycles. The average molecular weight is 355 g/mol. The number of methoxy groups -OCH3 is 2. The van der Waals surface area contributed by atoms with Crippen LogP contribution in [0.25, 0.3) is 6.08 Å². The maximum absolute atomic E-state index is 13.8. The van der Waals surface area contributed by atoms with Crippen molar-refractivity contribution in [1.29, 1.82) is 0 Å². The molecule has 0 aliphatic carbocycles. The second-order valence-corrected chi connectivity index (χ2v) is 6.30.